The van der Waals surface area contributed by atoms with Crippen LogP contribution >= 0.6 is 34.7 Å². The van der Waals surface area contributed by atoms with Gasteiger partial charge in [0.2, 0.25) is 5.91 Å². The number of guanidine groups is 1. The molecule has 0 saturated heterocycles. The van der Waals surface area contributed by atoms with Crippen molar-refractivity contribution < 1.29 is 19.4 Å². The maximum atomic E-state index is 13.4. The van der Waals surface area contributed by atoms with Gasteiger partial charge in [-0.3, -0.25) is 9.79 Å². The van der Waals surface area contributed by atoms with Crippen molar-refractivity contribution in [2.45, 2.75) is 49.6 Å². The number of nitrogens with zero attached hydrogens (tertiary/aromatic N) is 6. The number of ether oxygens (including phenoxy) is 1. The summed E-state index contributed by atoms with van der Waals surface area (Å²) in [5, 5.41) is 34.0. The van der Waals surface area contributed by atoms with Gasteiger partial charge in [-0.1, -0.05) is 61.5 Å². The van der Waals surface area contributed by atoms with Crippen molar-refractivity contribution in [3.63, 3.8) is 0 Å². The van der Waals surface area contributed by atoms with Gasteiger partial charge in [-0.05, 0) is 48.6 Å². The van der Waals surface area contributed by atoms with Crippen molar-refractivity contribution in [1.82, 2.24) is 14.9 Å². The fourth-order valence-corrected chi connectivity index (χ4v) is 7.38. The van der Waals surface area contributed by atoms with E-state index in [1.54, 1.807) is 50.2 Å². The molecule has 0 fully saturated rings. The lowest BCUT2D eigenvalue weighted by molar-refractivity contribution is -0.153. The van der Waals surface area contributed by atoms with Gasteiger partial charge in [-0.15, -0.1) is 11.3 Å². The summed E-state index contributed by atoms with van der Waals surface area (Å²) in [6, 6.07) is 16.2. The van der Waals surface area contributed by atoms with Crippen molar-refractivity contribution in [2.75, 3.05) is 25.4 Å². The van der Waals surface area contributed by atoms with E-state index >= 15 is 0 Å². The van der Waals surface area contributed by atoms with E-state index in [1.165, 1.54) is 28.0 Å². The maximum Gasteiger partial charge on any atom is 0.326 e. The van der Waals surface area contributed by atoms with E-state index in [2.05, 4.69) is 22.1 Å². The van der Waals surface area contributed by atoms with Crippen LogP contribution in [0.5, 0.6) is 5.75 Å². The minimum absolute atomic E-state index is 0.0122. The Kier molecular flexibility index (Phi) is 14.4. The third-order valence-corrected chi connectivity index (χ3v) is 10.1. The Morgan fingerprint density at radius 1 is 1.06 bits per heavy atom. The maximum absolute atomic E-state index is 13.4. The zero-order valence-corrected chi connectivity index (χ0v) is 31.4. The highest BCUT2D eigenvalue weighted by atomic mass is 35.5. The first-order valence-electron chi connectivity index (χ1n) is 16.4. The summed E-state index contributed by atoms with van der Waals surface area (Å²) in [6.45, 7) is 3.62. The normalized spacial score (nSPS) is 12.0. The molecule has 53 heavy (non-hydrogen) atoms. The molecular weight excluding hydrogens is 736 g/mol. The second-order valence-corrected chi connectivity index (χ2v) is 14.3. The van der Waals surface area contributed by atoms with Gasteiger partial charge in [0.1, 0.15) is 52.0 Å². The summed E-state index contributed by atoms with van der Waals surface area (Å²) < 4.78 is 5.92. The third kappa shape index (κ3) is 10.6. The zero-order valence-electron chi connectivity index (χ0n) is 29.0. The number of carboxylic acids is 1. The van der Waals surface area contributed by atoms with Gasteiger partial charge >= 0.3 is 5.97 Å². The molecule has 2 aromatic heterocycles. The summed E-state index contributed by atoms with van der Waals surface area (Å²) >= 11 is 8.79. The van der Waals surface area contributed by atoms with Gasteiger partial charge < -0.3 is 37.7 Å². The van der Waals surface area contributed by atoms with Crippen LogP contribution in [-0.4, -0.2) is 69.6 Å². The number of anilines is 1. The number of benzene rings is 2. The summed E-state index contributed by atoms with van der Waals surface area (Å²) in [6.07, 6.45) is 0.688. The molecule has 2 aromatic carbocycles. The molecule has 0 aliphatic heterocycles. The van der Waals surface area contributed by atoms with Gasteiger partial charge in [-0.2, -0.15) is 10.5 Å². The number of thioether (sulfide) groups is 1. The number of amides is 1. The lowest BCUT2D eigenvalue weighted by Gasteiger charge is -2.33. The first-order valence-corrected chi connectivity index (χ1v) is 18.6. The molecule has 0 unspecified atom stereocenters. The number of nitrogen functional groups attached to an aromatic ring is 1. The minimum atomic E-state index is -1.16. The number of carboxylic acid groups (broad SMARTS) is 1. The highest BCUT2D eigenvalue weighted by molar-refractivity contribution is 7.98. The molecule has 0 bridgehead atoms. The number of rotatable bonds is 17. The van der Waals surface area contributed by atoms with Crippen LogP contribution in [0.1, 0.15) is 43.5 Å². The quantitative estimate of drug-likeness (QED) is 0.0417. The number of aliphatic carboxylic acids is 1. The Labute approximate surface area is 320 Å². The van der Waals surface area contributed by atoms with Crippen LogP contribution in [0.4, 0.5) is 5.82 Å². The average Bonchev–Trinajstić information content (AvgIpc) is 3.60. The van der Waals surface area contributed by atoms with Crippen molar-refractivity contribution in [3.8, 4) is 39.6 Å². The second kappa shape index (κ2) is 18.9. The van der Waals surface area contributed by atoms with Gasteiger partial charge in [-0.25, -0.2) is 14.8 Å². The first-order chi connectivity index (χ1) is 25.3. The van der Waals surface area contributed by atoms with Crippen LogP contribution in [0.2, 0.25) is 5.02 Å². The molecule has 0 radical (unpaired) electrons. The number of halogens is 1. The first kappa shape index (κ1) is 40.4. The van der Waals surface area contributed by atoms with Gasteiger partial charge in [0, 0.05) is 33.8 Å². The average molecular weight is 775 g/mol. The molecule has 0 aliphatic rings. The van der Waals surface area contributed by atoms with Crippen LogP contribution < -0.4 is 27.7 Å². The predicted octanol–water partition coefficient (Wildman–Crippen LogP) is 4.84. The Hall–Kier alpha value is -5.39. The second-order valence-electron chi connectivity index (χ2n) is 12.1. The van der Waals surface area contributed by atoms with Crippen LogP contribution in [-0.2, 0) is 15.3 Å². The van der Waals surface area contributed by atoms with E-state index < -0.39 is 29.9 Å². The van der Waals surface area contributed by atoms with Crippen molar-refractivity contribution >= 4 is 58.4 Å². The van der Waals surface area contributed by atoms with E-state index in [4.69, 9.17) is 44.3 Å². The van der Waals surface area contributed by atoms with Gasteiger partial charge in [0.15, 0.2) is 5.96 Å². The zero-order chi connectivity index (χ0) is 38.7. The van der Waals surface area contributed by atoms with Gasteiger partial charge in [0.25, 0.3) is 0 Å². The number of pyridine rings is 1. The predicted molar refractivity (Wildman–Crippen MR) is 207 cm³/mol. The molecule has 2 heterocycles. The fourth-order valence-electron chi connectivity index (χ4n) is 5.43. The van der Waals surface area contributed by atoms with E-state index in [0.29, 0.717) is 39.1 Å². The van der Waals surface area contributed by atoms with E-state index in [0.717, 1.165) is 16.3 Å². The third-order valence-electron chi connectivity index (χ3n) is 7.95. The smallest absolute Gasteiger partial charge is 0.326 e. The van der Waals surface area contributed by atoms with E-state index in [-0.39, 0.29) is 49.0 Å². The Morgan fingerprint density at radius 2 is 1.72 bits per heavy atom. The Bertz CT molecular complexity index is 2020. The molecule has 0 aliphatic carbocycles. The molecule has 0 spiro atoms. The minimum Gasteiger partial charge on any atom is -0.492 e. The Morgan fingerprint density at radius 3 is 2.32 bits per heavy atom. The molecule has 4 aromatic rings. The van der Waals surface area contributed by atoms with Crippen LogP contribution in [0.15, 0.2) is 63.9 Å². The van der Waals surface area contributed by atoms with Crippen LogP contribution in [0.3, 0.4) is 0 Å². The number of nitriles is 2. The molecule has 4 rings (SSSR count). The van der Waals surface area contributed by atoms with Crippen LogP contribution in [0.25, 0.3) is 21.7 Å². The Balaban J connectivity index is 1.49. The number of hydrogen-bond acceptors (Lipinski definition) is 12. The highest BCUT2D eigenvalue weighted by Gasteiger charge is 2.34. The molecule has 0 saturated carbocycles. The van der Waals surface area contributed by atoms with Crippen molar-refractivity contribution in [1.29, 1.82) is 10.5 Å². The molecule has 9 N–H and O–H groups in total. The topological polar surface area (TPSA) is 257 Å². The monoisotopic (exact) mass is 774 g/mol. The molecule has 276 valence electrons. The van der Waals surface area contributed by atoms with Crippen molar-refractivity contribution in [3.05, 3.63) is 75.8 Å². The highest BCUT2D eigenvalue weighted by Crippen LogP contribution is 2.37. The molecule has 1 amide bonds. The summed E-state index contributed by atoms with van der Waals surface area (Å²) in [5.74, 6) is -1.35. The fraction of sp³-hybridized carbons (Fsp3) is 0.306. The summed E-state index contributed by atoms with van der Waals surface area (Å²) in [5.41, 5.74) is 26.0. The van der Waals surface area contributed by atoms with E-state index in [9.17, 15) is 25.2 Å². The number of hydrogen-bond donors (Lipinski definition) is 5. The largest absolute Gasteiger partial charge is 0.492 e. The molecule has 17 heteroatoms. The van der Waals surface area contributed by atoms with Crippen LogP contribution in [0, 0.1) is 28.6 Å². The standard InChI is InChI=1S/C36H39ClN10O4S2/c1-20(2)30(35(49)50)47(34(48)28(40)4-3-13-44-36(42)43)14-15-51-25-11-7-21(8-12-25)29-26(16-38)31(41)46-33(27(29)17-39)53-19-24-18-52-32(45-24)22-5-9-23(37)10-6-22/h5-12,18,20,28,30H,3-4,13-15,19,40H2,1-2H3,(H2,41,46)(H,49,50)(H4,42,43,44)/t28-,30-/m0/s1. The number of aliphatic imine (C=N–C) groups is 1. The van der Waals surface area contributed by atoms with E-state index in [1.807, 2.05) is 17.5 Å². The molecular formula is C36H39ClN10O4S2. The summed E-state index contributed by atoms with van der Waals surface area (Å²) in [4.78, 5) is 39.8. The van der Waals surface area contributed by atoms with Crippen molar-refractivity contribution in [2.24, 2.45) is 28.1 Å². The summed E-state index contributed by atoms with van der Waals surface area (Å²) in [7, 11) is 0. The lowest BCUT2D eigenvalue weighted by Crippen LogP contribution is -2.54. The molecule has 14 nitrogen and oxygen atoms in total. The number of nitrogens with two attached hydrogens (primary N) is 4. The number of carbonyl (C=O) groups is 2. The number of aromatic nitrogens is 2. The lowest BCUT2D eigenvalue weighted by atomic mass is 9.97. The molecule has 2 atom stereocenters. The number of carbonyl (C=O) groups excluding carboxylic acids is 1. The number of thiazole rings is 1. The van der Waals surface area contributed by atoms with Gasteiger partial charge in [0.05, 0.1) is 23.8 Å². The SMILES string of the molecule is CC(C)[C@@H](C(=O)O)N(CCOc1ccc(-c2c(C#N)c(N)nc(SCc3csc(-c4ccc(Cl)cc4)n3)c2C#N)cc1)C(=O)[C@@H](N)CCCN=C(N)N.